The fourth-order valence-corrected chi connectivity index (χ4v) is 3.24. The Morgan fingerprint density at radius 2 is 1.68 bits per heavy atom. The van der Waals surface area contributed by atoms with E-state index in [1.165, 1.54) is 5.56 Å². The molecular weight excluding hydrogens is 350 g/mol. The summed E-state index contributed by atoms with van der Waals surface area (Å²) in [5, 5.41) is 3.17. The highest BCUT2D eigenvalue weighted by atomic mass is 16.5. The molecule has 0 spiro atoms. The van der Waals surface area contributed by atoms with Gasteiger partial charge in [-0.15, -0.1) is 0 Å². The monoisotopic (exact) mass is 383 g/mol. The highest BCUT2D eigenvalue weighted by molar-refractivity contribution is 5.81. The molecule has 0 saturated carbocycles. The maximum atomic E-state index is 12.9. The molecule has 2 aromatic carbocycles. The molecule has 4 nitrogen and oxygen atoms in total. The molecule has 0 aromatic heterocycles. The lowest BCUT2D eigenvalue weighted by atomic mass is 9.96. The number of amides is 1. The molecule has 0 saturated heterocycles. The van der Waals surface area contributed by atoms with Crippen molar-refractivity contribution in [3.63, 3.8) is 0 Å². The molecule has 1 amide bonds. The highest BCUT2D eigenvalue weighted by Gasteiger charge is 2.22. The normalized spacial score (nSPS) is 13.1. The Bertz CT molecular complexity index is 796. The number of carbonyl (C=O) groups excluding carboxylic acids is 1. The van der Waals surface area contributed by atoms with Gasteiger partial charge in [-0.05, 0) is 80.5 Å². The second-order valence-electron chi connectivity index (χ2n) is 7.93. The van der Waals surface area contributed by atoms with Crippen LogP contribution in [0.4, 0.5) is 0 Å². The molecule has 1 N–H and O–H groups in total. The van der Waals surface area contributed by atoms with Crippen molar-refractivity contribution in [3.05, 3.63) is 58.7 Å². The third kappa shape index (κ3) is 5.75. The Morgan fingerprint density at radius 3 is 2.25 bits per heavy atom. The first-order chi connectivity index (χ1) is 13.2. The van der Waals surface area contributed by atoms with E-state index in [9.17, 15) is 4.79 Å². The van der Waals surface area contributed by atoms with Crippen molar-refractivity contribution in [1.82, 2.24) is 5.32 Å². The van der Waals surface area contributed by atoms with Crippen LogP contribution >= 0.6 is 0 Å². The lowest BCUT2D eigenvalue weighted by molar-refractivity contribution is -0.128. The van der Waals surface area contributed by atoms with E-state index in [0.717, 1.165) is 34.6 Å². The number of benzene rings is 2. The van der Waals surface area contributed by atoms with Gasteiger partial charge in [0.15, 0.2) is 6.10 Å². The van der Waals surface area contributed by atoms with Gasteiger partial charge in [0.1, 0.15) is 11.5 Å². The van der Waals surface area contributed by atoms with E-state index in [2.05, 4.69) is 32.2 Å². The second-order valence-corrected chi connectivity index (χ2v) is 7.93. The fraction of sp³-hybridized carbons (Fsp3) is 0.458. The quantitative estimate of drug-likeness (QED) is 0.674. The number of aryl methyl sites for hydroxylation is 2. The first-order valence-electron chi connectivity index (χ1n) is 9.90. The van der Waals surface area contributed by atoms with Crippen LogP contribution in [0.3, 0.4) is 0 Å². The van der Waals surface area contributed by atoms with Crippen molar-refractivity contribution in [2.75, 3.05) is 7.11 Å². The van der Waals surface area contributed by atoms with Gasteiger partial charge in [-0.2, -0.15) is 0 Å². The molecule has 28 heavy (non-hydrogen) atoms. The number of rotatable bonds is 8. The summed E-state index contributed by atoms with van der Waals surface area (Å²) in [5.74, 6) is 1.91. The highest BCUT2D eigenvalue weighted by Crippen LogP contribution is 2.26. The maximum absolute atomic E-state index is 12.9. The van der Waals surface area contributed by atoms with Gasteiger partial charge in [-0.3, -0.25) is 4.79 Å². The van der Waals surface area contributed by atoms with Crippen molar-refractivity contribution < 1.29 is 14.3 Å². The maximum Gasteiger partial charge on any atom is 0.261 e. The van der Waals surface area contributed by atoms with Gasteiger partial charge in [0.2, 0.25) is 0 Å². The van der Waals surface area contributed by atoms with Crippen LogP contribution in [-0.2, 0) is 4.79 Å². The zero-order valence-corrected chi connectivity index (χ0v) is 18.1. The molecule has 0 heterocycles. The zero-order valence-electron chi connectivity index (χ0n) is 18.1. The summed E-state index contributed by atoms with van der Waals surface area (Å²) in [4.78, 5) is 12.9. The summed E-state index contributed by atoms with van der Waals surface area (Å²) in [5.41, 5.74) is 4.43. The molecule has 0 fully saturated rings. The summed E-state index contributed by atoms with van der Waals surface area (Å²) in [6.45, 7) is 12.2. The van der Waals surface area contributed by atoms with E-state index in [0.29, 0.717) is 5.92 Å². The smallest absolute Gasteiger partial charge is 0.261 e. The minimum absolute atomic E-state index is 0.0650. The molecule has 2 rings (SSSR count). The number of methoxy groups -OCH3 is 1. The molecule has 4 heteroatoms. The number of hydrogen-bond acceptors (Lipinski definition) is 3. The van der Waals surface area contributed by atoms with Crippen LogP contribution in [0.15, 0.2) is 36.4 Å². The molecule has 0 aliphatic carbocycles. The second kappa shape index (κ2) is 9.63. The van der Waals surface area contributed by atoms with E-state index in [1.54, 1.807) is 14.0 Å². The summed E-state index contributed by atoms with van der Waals surface area (Å²) < 4.78 is 11.3. The molecule has 0 bridgehead atoms. The topological polar surface area (TPSA) is 47.6 Å². The lowest BCUT2D eigenvalue weighted by Gasteiger charge is -2.24. The van der Waals surface area contributed by atoms with E-state index in [4.69, 9.17) is 9.47 Å². The zero-order chi connectivity index (χ0) is 20.8. The van der Waals surface area contributed by atoms with E-state index in [-0.39, 0.29) is 11.9 Å². The van der Waals surface area contributed by atoms with Crippen LogP contribution in [-0.4, -0.2) is 19.1 Å². The Balaban J connectivity index is 2.13. The predicted molar refractivity (Wildman–Crippen MR) is 114 cm³/mol. The van der Waals surface area contributed by atoms with Crippen LogP contribution < -0.4 is 14.8 Å². The van der Waals surface area contributed by atoms with Gasteiger partial charge in [0.25, 0.3) is 5.91 Å². The molecule has 2 aromatic rings. The average molecular weight is 384 g/mol. The van der Waals surface area contributed by atoms with Crippen molar-refractivity contribution in [2.24, 2.45) is 5.92 Å². The fourth-order valence-electron chi connectivity index (χ4n) is 3.24. The van der Waals surface area contributed by atoms with E-state index < -0.39 is 6.10 Å². The standard InChI is InChI=1S/C24H33NO3/c1-15(2)12-22(20-8-10-21(27-7)11-9-20)25-24(26)19(6)28-23-14-16(3)13-17(4)18(23)5/h8-11,13-15,19,22H,12H2,1-7H3,(H,25,26)/t19-,22-/m1/s1. The van der Waals surface area contributed by atoms with E-state index >= 15 is 0 Å². The van der Waals surface area contributed by atoms with Gasteiger partial charge >= 0.3 is 0 Å². The Labute approximate surface area is 169 Å². The lowest BCUT2D eigenvalue weighted by Crippen LogP contribution is -2.39. The summed E-state index contributed by atoms with van der Waals surface area (Å²) in [7, 11) is 1.65. The van der Waals surface area contributed by atoms with Crippen LogP contribution in [0.25, 0.3) is 0 Å². The van der Waals surface area contributed by atoms with Gasteiger partial charge in [-0.25, -0.2) is 0 Å². The Kier molecular flexibility index (Phi) is 7.50. The molecule has 0 aliphatic heterocycles. The Morgan fingerprint density at radius 1 is 1.04 bits per heavy atom. The number of ether oxygens (including phenoxy) is 2. The van der Waals surface area contributed by atoms with Gasteiger partial charge in [-0.1, -0.05) is 32.0 Å². The largest absolute Gasteiger partial charge is 0.497 e. The van der Waals surface area contributed by atoms with Crippen molar-refractivity contribution in [3.8, 4) is 11.5 Å². The SMILES string of the molecule is COc1ccc([C@@H](CC(C)C)NC(=O)[C@@H](C)Oc2cc(C)cc(C)c2C)cc1. The summed E-state index contributed by atoms with van der Waals surface area (Å²) >= 11 is 0. The molecule has 0 aliphatic rings. The molecular formula is C24H33NO3. The predicted octanol–water partition coefficient (Wildman–Crippen LogP) is 5.29. The number of hydrogen-bond donors (Lipinski definition) is 1. The van der Waals surface area contributed by atoms with Crippen LogP contribution in [0.2, 0.25) is 0 Å². The first-order valence-corrected chi connectivity index (χ1v) is 9.90. The Hall–Kier alpha value is -2.49. The molecule has 0 unspecified atom stereocenters. The number of carbonyl (C=O) groups is 1. The average Bonchev–Trinajstić information content (AvgIpc) is 2.64. The van der Waals surface area contributed by atoms with E-state index in [1.807, 2.05) is 44.2 Å². The number of nitrogens with one attached hydrogen (secondary N) is 1. The first kappa shape index (κ1) is 21.8. The van der Waals surface area contributed by atoms with Gasteiger partial charge in [0.05, 0.1) is 13.2 Å². The van der Waals surface area contributed by atoms with Crippen molar-refractivity contribution in [2.45, 2.75) is 60.1 Å². The third-order valence-corrected chi connectivity index (χ3v) is 4.98. The molecule has 2 atom stereocenters. The third-order valence-electron chi connectivity index (χ3n) is 4.98. The van der Waals surface area contributed by atoms with Crippen molar-refractivity contribution >= 4 is 5.91 Å². The molecule has 0 radical (unpaired) electrons. The van der Waals surface area contributed by atoms with Crippen LogP contribution in [0.5, 0.6) is 11.5 Å². The van der Waals surface area contributed by atoms with Crippen LogP contribution in [0.1, 0.15) is 55.5 Å². The summed E-state index contributed by atoms with van der Waals surface area (Å²) in [6, 6.07) is 11.9. The van der Waals surface area contributed by atoms with Gasteiger partial charge < -0.3 is 14.8 Å². The minimum Gasteiger partial charge on any atom is -0.497 e. The minimum atomic E-state index is -0.576. The summed E-state index contributed by atoms with van der Waals surface area (Å²) in [6.07, 6.45) is 0.278. The van der Waals surface area contributed by atoms with Gasteiger partial charge in [0, 0.05) is 0 Å². The van der Waals surface area contributed by atoms with Crippen LogP contribution in [0, 0.1) is 26.7 Å². The molecule has 152 valence electrons. The van der Waals surface area contributed by atoms with Crippen molar-refractivity contribution in [1.29, 1.82) is 0 Å².